The predicted octanol–water partition coefficient (Wildman–Crippen LogP) is 5.29. The number of carbonyl (C=O) groups is 1. The maximum absolute atomic E-state index is 11.9. The first-order valence-corrected chi connectivity index (χ1v) is 10.7. The standard InChI is InChI=1S/C21H42N2O/c1-3-4-5-6-7-8-9-10-11-12-13-14-19-23(20(2)24)21-15-17-22-18-16-21/h21-22H,3-19H2,1-2H3. The summed E-state index contributed by atoms with van der Waals surface area (Å²) >= 11 is 0. The number of piperidine rings is 1. The number of amides is 1. The van der Waals surface area contributed by atoms with Gasteiger partial charge in [-0.05, 0) is 32.4 Å². The minimum atomic E-state index is 0.268. The van der Waals surface area contributed by atoms with Crippen molar-refractivity contribution in [3.8, 4) is 0 Å². The molecule has 0 atom stereocenters. The molecule has 1 rings (SSSR count). The van der Waals surface area contributed by atoms with E-state index in [1.54, 1.807) is 6.92 Å². The molecule has 0 saturated carbocycles. The largest absolute Gasteiger partial charge is 0.340 e. The fourth-order valence-corrected chi connectivity index (χ4v) is 3.84. The van der Waals surface area contributed by atoms with E-state index in [0.29, 0.717) is 6.04 Å². The molecule has 1 saturated heterocycles. The number of hydrogen-bond donors (Lipinski definition) is 1. The second-order valence-corrected chi connectivity index (χ2v) is 7.58. The monoisotopic (exact) mass is 338 g/mol. The van der Waals surface area contributed by atoms with Crippen molar-refractivity contribution in [2.75, 3.05) is 19.6 Å². The molecule has 1 aliphatic heterocycles. The summed E-state index contributed by atoms with van der Waals surface area (Å²) in [7, 11) is 0. The zero-order valence-electron chi connectivity index (χ0n) is 16.5. The van der Waals surface area contributed by atoms with E-state index in [1.807, 2.05) is 0 Å². The van der Waals surface area contributed by atoms with Crippen molar-refractivity contribution in [3.05, 3.63) is 0 Å². The predicted molar refractivity (Wildman–Crippen MR) is 104 cm³/mol. The van der Waals surface area contributed by atoms with Crippen molar-refractivity contribution < 1.29 is 4.79 Å². The molecule has 0 radical (unpaired) electrons. The van der Waals surface area contributed by atoms with Crippen LogP contribution in [0.4, 0.5) is 0 Å². The molecule has 3 nitrogen and oxygen atoms in total. The number of hydrogen-bond acceptors (Lipinski definition) is 2. The molecule has 142 valence electrons. The molecule has 24 heavy (non-hydrogen) atoms. The molecule has 0 aliphatic carbocycles. The van der Waals surface area contributed by atoms with E-state index in [1.165, 1.54) is 77.0 Å². The third kappa shape index (κ3) is 10.3. The van der Waals surface area contributed by atoms with E-state index in [2.05, 4.69) is 17.1 Å². The van der Waals surface area contributed by atoms with E-state index in [9.17, 15) is 4.79 Å². The molecule has 1 aliphatic rings. The maximum atomic E-state index is 11.9. The lowest BCUT2D eigenvalue weighted by Gasteiger charge is -2.34. The zero-order valence-corrected chi connectivity index (χ0v) is 16.5. The van der Waals surface area contributed by atoms with Crippen LogP contribution < -0.4 is 5.32 Å². The fourth-order valence-electron chi connectivity index (χ4n) is 3.84. The van der Waals surface area contributed by atoms with Crippen LogP contribution in [0.2, 0.25) is 0 Å². The van der Waals surface area contributed by atoms with Crippen molar-refractivity contribution in [2.45, 2.75) is 110 Å². The van der Waals surface area contributed by atoms with Crippen molar-refractivity contribution in [3.63, 3.8) is 0 Å². The number of nitrogens with one attached hydrogen (secondary N) is 1. The van der Waals surface area contributed by atoms with E-state index in [4.69, 9.17) is 0 Å². The summed E-state index contributed by atoms with van der Waals surface area (Å²) < 4.78 is 0. The maximum Gasteiger partial charge on any atom is 0.219 e. The Morgan fingerprint density at radius 1 is 0.833 bits per heavy atom. The Labute approximate surface area is 151 Å². The van der Waals surface area contributed by atoms with Crippen LogP contribution in [-0.4, -0.2) is 36.5 Å². The molecule has 0 aromatic heterocycles. The lowest BCUT2D eigenvalue weighted by Crippen LogP contribution is -2.45. The van der Waals surface area contributed by atoms with Crippen LogP contribution in [0.25, 0.3) is 0 Å². The van der Waals surface area contributed by atoms with Gasteiger partial charge in [0.1, 0.15) is 0 Å². The molecule has 0 spiro atoms. The van der Waals surface area contributed by atoms with Gasteiger partial charge in [-0.25, -0.2) is 0 Å². The summed E-state index contributed by atoms with van der Waals surface area (Å²) in [6, 6.07) is 0.483. The topological polar surface area (TPSA) is 32.3 Å². The van der Waals surface area contributed by atoms with Gasteiger partial charge < -0.3 is 10.2 Å². The van der Waals surface area contributed by atoms with Crippen LogP contribution in [0.1, 0.15) is 104 Å². The SMILES string of the molecule is CCCCCCCCCCCCCCN(C(C)=O)C1CCNCC1. The molecule has 3 heteroatoms. The Bertz CT molecular complexity index is 300. The first-order valence-electron chi connectivity index (χ1n) is 10.7. The second kappa shape index (κ2) is 14.7. The first-order chi connectivity index (χ1) is 11.8. The summed E-state index contributed by atoms with van der Waals surface area (Å²) in [4.78, 5) is 14.0. The van der Waals surface area contributed by atoms with Crippen molar-refractivity contribution in [1.29, 1.82) is 0 Å². The Morgan fingerprint density at radius 2 is 1.29 bits per heavy atom. The quantitative estimate of drug-likeness (QED) is 0.437. The van der Waals surface area contributed by atoms with Gasteiger partial charge in [-0.1, -0.05) is 77.6 Å². The average Bonchev–Trinajstić information content (AvgIpc) is 2.59. The minimum absolute atomic E-state index is 0.268. The van der Waals surface area contributed by atoms with E-state index in [0.717, 1.165) is 32.5 Å². The van der Waals surface area contributed by atoms with Gasteiger partial charge in [-0.2, -0.15) is 0 Å². The summed E-state index contributed by atoms with van der Waals surface area (Å²) in [5, 5.41) is 3.39. The molecule has 1 fully saturated rings. The van der Waals surface area contributed by atoms with Crippen molar-refractivity contribution >= 4 is 5.91 Å². The molecule has 1 N–H and O–H groups in total. The van der Waals surface area contributed by atoms with E-state index < -0.39 is 0 Å². The average molecular weight is 339 g/mol. The fraction of sp³-hybridized carbons (Fsp3) is 0.952. The van der Waals surface area contributed by atoms with Gasteiger partial charge >= 0.3 is 0 Å². The molecule has 1 amide bonds. The highest BCUT2D eigenvalue weighted by Gasteiger charge is 2.22. The summed E-state index contributed by atoms with van der Waals surface area (Å²) in [5.74, 6) is 0.268. The van der Waals surface area contributed by atoms with Gasteiger partial charge in [0.05, 0.1) is 0 Å². The molecular formula is C21H42N2O. The third-order valence-electron chi connectivity index (χ3n) is 5.41. The molecule has 0 aromatic carbocycles. The van der Waals surface area contributed by atoms with Gasteiger partial charge in [-0.15, -0.1) is 0 Å². The number of unbranched alkanes of at least 4 members (excludes halogenated alkanes) is 11. The highest BCUT2D eigenvalue weighted by molar-refractivity contribution is 5.73. The summed E-state index contributed by atoms with van der Waals surface area (Å²) in [6.45, 7) is 7.11. The zero-order chi connectivity index (χ0) is 17.5. The number of carbonyl (C=O) groups excluding carboxylic acids is 1. The van der Waals surface area contributed by atoms with E-state index in [-0.39, 0.29) is 5.91 Å². The number of nitrogens with zero attached hydrogens (tertiary/aromatic N) is 1. The van der Waals surface area contributed by atoms with Gasteiger partial charge in [-0.3, -0.25) is 4.79 Å². The molecular weight excluding hydrogens is 296 g/mol. The van der Waals surface area contributed by atoms with E-state index >= 15 is 0 Å². The van der Waals surface area contributed by atoms with Crippen LogP contribution in [0.5, 0.6) is 0 Å². The van der Waals surface area contributed by atoms with Crippen molar-refractivity contribution in [2.24, 2.45) is 0 Å². The Balaban J connectivity index is 1.93. The van der Waals surface area contributed by atoms with Gasteiger partial charge in [0.2, 0.25) is 5.91 Å². The van der Waals surface area contributed by atoms with Gasteiger partial charge in [0, 0.05) is 19.5 Å². The minimum Gasteiger partial charge on any atom is -0.340 e. The summed E-state index contributed by atoms with van der Waals surface area (Å²) in [6.07, 6.45) is 18.7. The highest BCUT2D eigenvalue weighted by Crippen LogP contribution is 2.15. The van der Waals surface area contributed by atoms with Gasteiger partial charge in [0.15, 0.2) is 0 Å². The van der Waals surface area contributed by atoms with Crippen LogP contribution in [-0.2, 0) is 4.79 Å². The molecule has 0 aromatic rings. The van der Waals surface area contributed by atoms with Crippen LogP contribution in [0, 0.1) is 0 Å². The summed E-state index contributed by atoms with van der Waals surface area (Å²) in [5.41, 5.74) is 0. The Kier molecular flexibility index (Phi) is 13.2. The molecule has 0 unspecified atom stereocenters. The third-order valence-corrected chi connectivity index (χ3v) is 5.41. The lowest BCUT2D eigenvalue weighted by molar-refractivity contribution is -0.131. The number of rotatable bonds is 14. The van der Waals surface area contributed by atoms with Crippen LogP contribution in [0.3, 0.4) is 0 Å². The van der Waals surface area contributed by atoms with Gasteiger partial charge in [0.25, 0.3) is 0 Å². The van der Waals surface area contributed by atoms with Crippen molar-refractivity contribution in [1.82, 2.24) is 10.2 Å². The molecule has 1 heterocycles. The Morgan fingerprint density at radius 3 is 1.75 bits per heavy atom. The normalized spacial score (nSPS) is 15.6. The highest BCUT2D eigenvalue weighted by atomic mass is 16.2. The second-order valence-electron chi connectivity index (χ2n) is 7.58. The Hall–Kier alpha value is -0.570. The van der Waals surface area contributed by atoms with Crippen LogP contribution in [0.15, 0.2) is 0 Å². The smallest absolute Gasteiger partial charge is 0.219 e. The lowest BCUT2D eigenvalue weighted by atomic mass is 10.0. The van der Waals surface area contributed by atoms with Crippen LogP contribution >= 0.6 is 0 Å². The molecule has 0 bridgehead atoms. The first kappa shape index (κ1) is 21.5.